The average Bonchev–Trinajstić information content (AvgIpc) is 3.54. The standard InChI is InChI=1S/C25H22N2O5/c1-12(28)13-3-7-15(8-4-13)27-24(29)19-17-11-18(20(19)25(27)30)23-21(17)22(26-32-23)14-5-9-16(31-2)10-6-14/h3-10,17-21,23H,11H2,1-2H3/t17-,18+,19-,20-,21-,23-/m1/s1. The molecule has 2 aromatic rings. The van der Waals surface area contributed by atoms with E-state index in [9.17, 15) is 14.4 Å². The minimum Gasteiger partial charge on any atom is -0.497 e. The number of Topliss-reactive ketones (excluding diaryl/α,β-unsaturated/α-hetero) is 1. The summed E-state index contributed by atoms with van der Waals surface area (Å²) in [7, 11) is 1.62. The van der Waals surface area contributed by atoms with Crippen LogP contribution in [0.2, 0.25) is 0 Å². The summed E-state index contributed by atoms with van der Waals surface area (Å²) in [6.07, 6.45) is 0.629. The Morgan fingerprint density at radius 3 is 2.25 bits per heavy atom. The summed E-state index contributed by atoms with van der Waals surface area (Å²) in [6.45, 7) is 1.49. The van der Waals surface area contributed by atoms with E-state index in [0.717, 1.165) is 23.4 Å². The number of benzene rings is 2. The van der Waals surface area contributed by atoms with Gasteiger partial charge in [-0.25, -0.2) is 0 Å². The Bertz CT molecular complexity index is 1170. The van der Waals surface area contributed by atoms with Crippen molar-refractivity contribution in [1.82, 2.24) is 0 Å². The van der Waals surface area contributed by atoms with Crippen molar-refractivity contribution in [3.63, 3.8) is 0 Å². The second-order valence-electron chi connectivity index (χ2n) is 9.03. The van der Waals surface area contributed by atoms with Crippen molar-refractivity contribution in [2.75, 3.05) is 12.0 Å². The molecule has 6 atom stereocenters. The summed E-state index contributed by atoms with van der Waals surface area (Å²) >= 11 is 0. The van der Waals surface area contributed by atoms with Crippen LogP contribution in [0.5, 0.6) is 5.75 Å². The van der Waals surface area contributed by atoms with Gasteiger partial charge in [0.25, 0.3) is 0 Å². The monoisotopic (exact) mass is 430 g/mol. The van der Waals surface area contributed by atoms with Crippen LogP contribution in [-0.4, -0.2) is 36.5 Å². The molecule has 7 nitrogen and oxygen atoms in total. The fourth-order valence-corrected chi connectivity index (χ4v) is 6.23. The van der Waals surface area contributed by atoms with Gasteiger partial charge in [-0.3, -0.25) is 19.3 Å². The van der Waals surface area contributed by atoms with E-state index < -0.39 is 0 Å². The first kappa shape index (κ1) is 19.2. The number of carbonyl (C=O) groups excluding carboxylic acids is 3. The maximum Gasteiger partial charge on any atom is 0.238 e. The number of fused-ring (bicyclic) bond motifs is 8. The summed E-state index contributed by atoms with van der Waals surface area (Å²) in [5.41, 5.74) is 2.88. The first-order chi connectivity index (χ1) is 15.5. The van der Waals surface area contributed by atoms with Crippen LogP contribution in [0.1, 0.15) is 29.3 Å². The van der Waals surface area contributed by atoms with Crippen LogP contribution in [-0.2, 0) is 14.4 Å². The Morgan fingerprint density at radius 2 is 1.62 bits per heavy atom. The van der Waals surface area contributed by atoms with Gasteiger partial charge < -0.3 is 9.57 Å². The summed E-state index contributed by atoms with van der Waals surface area (Å²) in [4.78, 5) is 45.5. The van der Waals surface area contributed by atoms with E-state index in [2.05, 4.69) is 5.16 Å². The van der Waals surface area contributed by atoms with Crippen LogP contribution in [0.4, 0.5) is 5.69 Å². The van der Waals surface area contributed by atoms with Crippen LogP contribution in [0.15, 0.2) is 53.7 Å². The molecule has 2 aromatic carbocycles. The number of methoxy groups -OCH3 is 1. The predicted molar refractivity (Wildman–Crippen MR) is 115 cm³/mol. The van der Waals surface area contributed by atoms with E-state index in [0.29, 0.717) is 11.3 Å². The van der Waals surface area contributed by atoms with Gasteiger partial charge in [0.2, 0.25) is 11.8 Å². The number of hydrogen-bond donors (Lipinski definition) is 0. The van der Waals surface area contributed by atoms with E-state index in [1.807, 2.05) is 24.3 Å². The first-order valence-electron chi connectivity index (χ1n) is 10.9. The van der Waals surface area contributed by atoms with Crippen LogP contribution in [0, 0.1) is 29.6 Å². The molecule has 162 valence electrons. The minimum atomic E-state index is -0.369. The maximum atomic E-state index is 13.5. The molecule has 7 heteroatoms. The highest BCUT2D eigenvalue weighted by Crippen LogP contribution is 2.62. The number of ether oxygens (including phenoxy) is 1. The molecule has 3 fully saturated rings. The van der Waals surface area contributed by atoms with Crippen molar-refractivity contribution < 1.29 is 24.0 Å². The molecule has 0 N–H and O–H groups in total. The summed E-state index contributed by atoms with van der Waals surface area (Å²) in [5, 5.41) is 4.38. The molecule has 0 spiro atoms. The van der Waals surface area contributed by atoms with E-state index in [-0.39, 0.29) is 53.3 Å². The Labute approximate surface area is 185 Å². The molecule has 0 aromatic heterocycles. The number of nitrogens with zero attached hydrogens (tertiary/aromatic N) is 2. The molecule has 2 heterocycles. The largest absolute Gasteiger partial charge is 0.497 e. The zero-order chi connectivity index (χ0) is 22.1. The lowest BCUT2D eigenvalue weighted by molar-refractivity contribution is -0.125. The molecule has 2 aliphatic carbocycles. The maximum absolute atomic E-state index is 13.5. The minimum absolute atomic E-state index is 0.00596. The van der Waals surface area contributed by atoms with Gasteiger partial charge in [0, 0.05) is 23.0 Å². The van der Waals surface area contributed by atoms with E-state index >= 15 is 0 Å². The Balaban J connectivity index is 1.30. The number of oxime groups is 1. The molecule has 32 heavy (non-hydrogen) atoms. The molecule has 6 rings (SSSR count). The molecule has 2 amide bonds. The zero-order valence-electron chi connectivity index (χ0n) is 17.7. The van der Waals surface area contributed by atoms with Crippen molar-refractivity contribution >= 4 is 29.0 Å². The third-order valence-corrected chi connectivity index (χ3v) is 7.61. The lowest BCUT2D eigenvalue weighted by atomic mass is 9.71. The zero-order valence-corrected chi connectivity index (χ0v) is 17.7. The van der Waals surface area contributed by atoms with Gasteiger partial charge in [-0.15, -0.1) is 0 Å². The fourth-order valence-electron chi connectivity index (χ4n) is 6.23. The third-order valence-electron chi connectivity index (χ3n) is 7.61. The lowest BCUT2D eigenvalue weighted by Gasteiger charge is -2.29. The second-order valence-corrected chi connectivity index (χ2v) is 9.03. The molecule has 2 aliphatic heterocycles. The molecule has 1 saturated heterocycles. The van der Waals surface area contributed by atoms with Crippen LogP contribution < -0.4 is 9.64 Å². The van der Waals surface area contributed by atoms with Gasteiger partial charge in [-0.2, -0.15) is 0 Å². The van der Waals surface area contributed by atoms with Gasteiger partial charge in [0.1, 0.15) is 11.9 Å². The number of carbonyl (C=O) groups is 3. The number of imide groups is 1. The molecule has 0 unspecified atom stereocenters. The molecule has 2 bridgehead atoms. The lowest BCUT2D eigenvalue weighted by Crippen LogP contribution is -2.41. The normalized spacial score (nSPS) is 31.9. The second kappa shape index (κ2) is 6.76. The Kier molecular flexibility index (Phi) is 4.06. The van der Waals surface area contributed by atoms with Crippen molar-refractivity contribution in [3.05, 3.63) is 59.7 Å². The molecule has 2 saturated carbocycles. The third kappa shape index (κ3) is 2.48. The molecule has 0 radical (unpaired) electrons. The number of ketones is 1. The molecular weight excluding hydrogens is 408 g/mol. The topological polar surface area (TPSA) is 85.3 Å². The first-order valence-corrected chi connectivity index (χ1v) is 10.9. The number of amides is 2. The molecular formula is C25H22N2O5. The van der Waals surface area contributed by atoms with Gasteiger partial charge in [0.05, 0.1) is 30.3 Å². The van der Waals surface area contributed by atoms with Crippen molar-refractivity contribution in [2.24, 2.45) is 34.7 Å². The summed E-state index contributed by atoms with van der Waals surface area (Å²) < 4.78 is 5.25. The fraction of sp³-hybridized carbons (Fsp3) is 0.360. The van der Waals surface area contributed by atoms with Crippen molar-refractivity contribution in [3.8, 4) is 5.75 Å². The Morgan fingerprint density at radius 1 is 0.969 bits per heavy atom. The highest BCUT2D eigenvalue weighted by Gasteiger charge is 2.70. The highest BCUT2D eigenvalue weighted by molar-refractivity contribution is 6.23. The van der Waals surface area contributed by atoms with E-state index in [1.165, 1.54) is 11.8 Å². The highest BCUT2D eigenvalue weighted by atomic mass is 16.6. The van der Waals surface area contributed by atoms with E-state index in [4.69, 9.17) is 9.57 Å². The average molecular weight is 430 g/mol. The van der Waals surface area contributed by atoms with Crippen molar-refractivity contribution in [2.45, 2.75) is 19.4 Å². The SMILES string of the molecule is COc1ccc(C2=NO[C@@H]3[C@H]4C[C@H]([C@H]5C(=O)N(c6ccc(C(C)=O)cc6)C(=O)[C@H]45)[C@H]23)cc1. The quantitative estimate of drug-likeness (QED) is 0.550. The predicted octanol–water partition coefficient (Wildman–Crippen LogP) is 3.07. The Hall–Kier alpha value is -3.48. The van der Waals surface area contributed by atoms with Gasteiger partial charge >= 0.3 is 0 Å². The van der Waals surface area contributed by atoms with Gasteiger partial charge in [-0.1, -0.05) is 5.16 Å². The van der Waals surface area contributed by atoms with Crippen LogP contribution in [0.3, 0.4) is 0 Å². The number of hydrogen-bond acceptors (Lipinski definition) is 6. The van der Waals surface area contributed by atoms with Gasteiger partial charge in [0.15, 0.2) is 5.78 Å². The summed E-state index contributed by atoms with van der Waals surface area (Å²) in [6, 6.07) is 14.4. The summed E-state index contributed by atoms with van der Waals surface area (Å²) in [5.74, 6) is -0.319. The van der Waals surface area contributed by atoms with E-state index in [1.54, 1.807) is 31.4 Å². The van der Waals surface area contributed by atoms with Crippen LogP contribution in [0.25, 0.3) is 0 Å². The smallest absolute Gasteiger partial charge is 0.238 e. The number of rotatable bonds is 4. The number of anilines is 1. The van der Waals surface area contributed by atoms with Gasteiger partial charge in [-0.05, 0) is 67.8 Å². The van der Waals surface area contributed by atoms with Crippen LogP contribution >= 0.6 is 0 Å². The molecule has 4 aliphatic rings. The van der Waals surface area contributed by atoms with Crippen molar-refractivity contribution in [1.29, 1.82) is 0 Å².